The first-order chi connectivity index (χ1) is 7.75. The predicted molar refractivity (Wildman–Crippen MR) is 63.6 cm³/mol. The third-order valence-corrected chi connectivity index (χ3v) is 3.26. The monoisotopic (exact) mass is 238 g/mol. The molecule has 2 rings (SSSR count). The molecule has 2 heterocycles. The lowest BCUT2D eigenvalue weighted by atomic mass is 9.98. The molecule has 4 heteroatoms. The van der Waals surface area contributed by atoms with E-state index in [-0.39, 0.29) is 5.78 Å². The molecule has 3 nitrogen and oxygen atoms in total. The van der Waals surface area contributed by atoms with E-state index in [1.807, 2.05) is 6.07 Å². The number of nitrogens with one attached hydrogen (secondary N) is 1. The molecule has 0 bridgehead atoms. The van der Waals surface area contributed by atoms with E-state index in [4.69, 9.17) is 11.6 Å². The lowest BCUT2D eigenvalue weighted by molar-refractivity contribution is -0.119. The van der Waals surface area contributed by atoms with E-state index in [1.54, 1.807) is 12.4 Å². The van der Waals surface area contributed by atoms with Gasteiger partial charge in [0.2, 0.25) is 0 Å². The number of aromatic nitrogens is 1. The number of ketones is 1. The lowest BCUT2D eigenvalue weighted by Crippen LogP contribution is -2.14. The third kappa shape index (κ3) is 3.03. The summed E-state index contributed by atoms with van der Waals surface area (Å²) >= 11 is 5.96. The summed E-state index contributed by atoms with van der Waals surface area (Å²) in [5, 5.41) is 3.85. The van der Waals surface area contributed by atoms with Crippen LogP contribution in [0.2, 0.25) is 5.02 Å². The molecule has 86 valence electrons. The molecule has 1 N–H and O–H groups in total. The molecule has 0 saturated carbocycles. The van der Waals surface area contributed by atoms with Crippen LogP contribution in [-0.2, 0) is 11.2 Å². The minimum atomic E-state index is 0.266. The first-order valence-electron chi connectivity index (χ1n) is 5.56. The highest BCUT2D eigenvalue weighted by Gasteiger charge is 2.18. The molecule has 1 aliphatic heterocycles. The number of nitrogens with zero attached hydrogens (tertiary/aromatic N) is 1. The average Bonchev–Trinajstić information content (AvgIpc) is 2.74. The summed E-state index contributed by atoms with van der Waals surface area (Å²) in [5.41, 5.74) is 0.882. The van der Waals surface area contributed by atoms with Crippen LogP contribution in [0.5, 0.6) is 0 Å². The van der Waals surface area contributed by atoms with E-state index >= 15 is 0 Å². The first-order valence-corrected chi connectivity index (χ1v) is 5.94. The summed E-state index contributed by atoms with van der Waals surface area (Å²) in [6.07, 6.45) is 5.45. The second-order valence-corrected chi connectivity index (χ2v) is 4.65. The van der Waals surface area contributed by atoms with Crippen molar-refractivity contribution in [3.05, 3.63) is 29.0 Å². The Balaban J connectivity index is 1.89. The van der Waals surface area contributed by atoms with Gasteiger partial charge in [0, 0.05) is 25.2 Å². The Morgan fingerprint density at radius 3 is 3.19 bits per heavy atom. The number of pyridine rings is 1. The molecule has 1 aliphatic rings. The quantitative estimate of drug-likeness (QED) is 0.871. The summed E-state index contributed by atoms with van der Waals surface area (Å²) in [6, 6.07) is 1.81. The van der Waals surface area contributed by atoms with Crippen LogP contribution in [-0.4, -0.2) is 23.9 Å². The minimum absolute atomic E-state index is 0.266. The number of hydrogen-bond donors (Lipinski definition) is 1. The van der Waals surface area contributed by atoms with Gasteiger partial charge in [-0.3, -0.25) is 9.78 Å². The maximum atomic E-state index is 11.8. The van der Waals surface area contributed by atoms with Crippen molar-refractivity contribution < 1.29 is 4.79 Å². The Morgan fingerprint density at radius 1 is 1.62 bits per heavy atom. The van der Waals surface area contributed by atoms with E-state index < -0.39 is 0 Å². The van der Waals surface area contributed by atoms with E-state index in [9.17, 15) is 4.79 Å². The van der Waals surface area contributed by atoms with Gasteiger partial charge >= 0.3 is 0 Å². The van der Waals surface area contributed by atoms with E-state index in [0.29, 0.717) is 23.8 Å². The number of carbonyl (C=O) groups is 1. The van der Waals surface area contributed by atoms with E-state index in [2.05, 4.69) is 10.3 Å². The normalized spacial score (nSPS) is 19.9. The van der Waals surface area contributed by atoms with E-state index in [0.717, 1.165) is 25.1 Å². The molecule has 1 unspecified atom stereocenters. The Kier molecular flexibility index (Phi) is 3.91. The van der Waals surface area contributed by atoms with Gasteiger partial charge in [-0.15, -0.1) is 0 Å². The predicted octanol–water partition coefficient (Wildman–Crippen LogP) is 1.85. The maximum absolute atomic E-state index is 11.8. The van der Waals surface area contributed by atoms with Crippen molar-refractivity contribution in [2.24, 2.45) is 5.92 Å². The van der Waals surface area contributed by atoms with Crippen molar-refractivity contribution in [1.29, 1.82) is 0 Å². The van der Waals surface area contributed by atoms with Gasteiger partial charge in [0.25, 0.3) is 0 Å². The highest BCUT2D eigenvalue weighted by molar-refractivity contribution is 6.31. The molecule has 1 atom stereocenters. The standard InChI is InChI=1S/C12H15ClN2O/c13-12-8-15-4-2-10(12)6-11(16)5-9-1-3-14-7-9/h2,4,8-9,14H,1,3,5-7H2. The zero-order valence-corrected chi connectivity index (χ0v) is 9.83. The minimum Gasteiger partial charge on any atom is -0.316 e. The van der Waals surface area contributed by atoms with Crippen LogP contribution in [0.4, 0.5) is 0 Å². The highest BCUT2D eigenvalue weighted by Crippen LogP contribution is 2.18. The molecule has 0 aliphatic carbocycles. The largest absolute Gasteiger partial charge is 0.316 e. The van der Waals surface area contributed by atoms with Crippen molar-refractivity contribution in [2.75, 3.05) is 13.1 Å². The first kappa shape index (κ1) is 11.6. The number of Topliss-reactive ketones (excluding diaryl/α,β-unsaturated/α-hetero) is 1. The number of hydrogen-bond acceptors (Lipinski definition) is 3. The topological polar surface area (TPSA) is 42.0 Å². The van der Waals surface area contributed by atoms with E-state index in [1.165, 1.54) is 0 Å². The highest BCUT2D eigenvalue weighted by atomic mass is 35.5. The van der Waals surface area contributed by atoms with Crippen molar-refractivity contribution in [2.45, 2.75) is 19.3 Å². The average molecular weight is 239 g/mol. The van der Waals surface area contributed by atoms with Crippen LogP contribution in [0, 0.1) is 5.92 Å². The summed E-state index contributed by atoms with van der Waals surface area (Å²) < 4.78 is 0. The zero-order valence-electron chi connectivity index (χ0n) is 9.08. The molecule has 0 spiro atoms. The van der Waals surface area contributed by atoms with Gasteiger partial charge in [-0.2, -0.15) is 0 Å². The fourth-order valence-electron chi connectivity index (χ4n) is 2.04. The fourth-order valence-corrected chi connectivity index (χ4v) is 2.23. The van der Waals surface area contributed by atoms with Crippen LogP contribution in [0.15, 0.2) is 18.5 Å². The van der Waals surface area contributed by atoms with Gasteiger partial charge in [-0.05, 0) is 37.1 Å². The number of carbonyl (C=O) groups excluding carboxylic acids is 1. The SMILES string of the molecule is O=C(Cc1ccncc1Cl)CC1CCNC1. The molecular formula is C12H15ClN2O. The molecule has 1 saturated heterocycles. The Morgan fingerprint density at radius 2 is 2.50 bits per heavy atom. The van der Waals surface area contributed by atoms with Crippen molar-refractivity contribution in [3.8, 4) is 0 Å². The molecular weight excluding hydrogens is 224 g/mol. The molecule has 1 aromatic heterocycles. The fraction of sp³-hybridized carbons (Fsp3) is 0.500. The summed E-state index contributed by atoms with van der Waals surface area (Å²) in [7, 11) is 0. The van der Waals surface area contributed by atoms with Gasteiger partial charge in [0.1, 0.15) is 5.78 Å². The van der Waals surface area contributed by atoms with Gasteiger partial charge in [0.15, 0.2) is 0 Å². The summed E-state index contributed by atoms with van der Waals surface area (Å²) in [5.74, 6) is 0.773. The molecule has 1 fully saturated rings. The molecule has 1 aromatic rings. The van der Waals surface area contributed by atoms with Gasteiger partial charge < -0.3 is 5.32 Å². The van der Waals surface area contributed by atoms with Crippen LogP contribution in [0.3, 0.4) is 0 Å². The van der Waals surface area contributed by atoms with Gasteiger partial charge in [-0.25, -0.2) is 0 Å². The smallest absolute Gasteiger partial charge is 0.137 e. The second-order valence-electron chi connectivity index (χ2n) is 4.25. The van der Waals surface area contributed by atoms with Crippen LogP contribution >= 0.6 is 11.6 Å². The summed E-state index contributed by atoms with van der Waals surface area (Å²) in [4.78, 5) is 15.7. The van der Waals surface area contributed by atoms with Crippen LogP contribution in [0.25, 0.3) is 0 Å². The molecule has 0 radical (unpaired) electrons. The Bertz CT molecular complexity index is 375. The van der Waals surface area contributed by atoms with Crippen molar-refractivity contribution >= 4 is 17.4 Å². The third-order valence-electron chi connectivity index (χ3n) is 2.92. The molecule has 0 amide bonds. The lowest BCUT2D eigenvalue weighted by Gasteiger charge is -2.07. The maximum Gasteiger partial charge on any atom is 0.137 e. The number of halogens is 1. The van der Waals surface area contributed by atoms with Crippen molar-refractivity contribution in [3.63, 3.8) is 0 Å². The van der Waals surface area contributed by atoms with Gasteiger partial charge in [-0.1, -0.05) is 11.6 Å². The van der Waals surface area contributed by atoms with Gasteiger partial charge in [0.05, 0.1) is 5.02 Å². The van der Waals surface area contributed by atoms with Crippen molar-refractivity contribution in [1.82, 2.24) is 10.3 Å². The number of rotatable bonds is 4. The Hall–Kier alpha value is -0.930. The van der Waals surface area contributed by atoms with Crippen LogP contribution in [0.1, 0.15) is 18.4 Å². The molecule has 16 heavy (non-hydrogen) atoms. The summed E-state index contributed by atoms with van der Waals surface area (Å²) in [6.45, 7) is 2.00. The molecule has 0 aromatic carbocycles. The zero-order chi connectivity index (χ0) is 11.4. The van der Waals surface area contributed by atoms with Crippen LogP contribution < -0.4 is 5.32 Å². The Labute approximate surface area is 100 Å². The second kappa shape index (κ2) is 5.41.